The zero-order chi connectivity index (χ0) is 30.7. The zero-order valence-electron chi connectivity index (χ0n) is 24.3. The number of alkyl halides is 1. The molecule has 1 amide bonds. The van der Waals surface area contributed by atoms with Crippen LogP contribution < -0.4 is 9.64 Å². The molecule has 228 valence electrons. The molecule has 2 unspecified atom stereocenters. The molecule has 0 bridgehead atoms. The molecule has 3 aromatic rings. The van der Waals surface area contributed by atoms with Gasteiger partial charge in [0.25, 0.3) is 5.91 Å². The molecular formula is C32H32ClF2N7O2. The molecule has 2 aliphatic heterocycles. The molecule has 2 saturated heterocycles. The average molecular weight is 620 g/mol. The summed E-state index contributed by atoms with van der Waals surface area (Å²) in [4.78, 5) is 35.6. The molecule has 5 atom stereocenters. The molecular weight excluding hydrogens is 588 g/mol. The summed E-state index contributed by atoms with van der Waals surface area (Å²) in [5.41, 5.74) is 4.72. The second kappa shape index (κ2) is 11.2. The minimum Gasteiger partial charge on any atom is -0.462 e. The predicted octanol–water partition coefficient (Wildman–Crippen LogP) is 4.85. The number of anilines is 1. The largest absolute Gasteiger partial charge is 0.462 e. The van der Waals surface area contributed by atoms with Gasteiger partial charge in [-0.2, -0.15) is 9.97 Å². The number of carbonyl (C=O) groups is 1. The van der Waals surface area contributed by atoms with Gasteiger partial charge in [-0.3, -0.25) is 9.69 Å². The number of likely N-dealkylation sites (N-methyl/N-ethyl adjacent to an activating group) is 1. The van der Waals surface area contributed by atoms with Crippen LogP contribution in [0.25, 0.3) is 27.1 Å². The van der Waals surface area contributed by atoms with Crippen molar-refractivity contribution in [2.75, 3.05) is 51.3 Å². The highest BCUT2D eigenvalue weighted by molar-refractivity contribution is 6.34. The number of rotatable bonds is 7. The maximum atomic E-state index is 14.0. The Labute approximate surface area is 259 Å². The Kier molecular flexibility index (Phi) is 7.37. The van der Waals surface area contributed by atoms with Crippen LogP contribution in [0.5, 0.6) is 6.01 Å². The van der Waals surface area contributed by atoms with E-state index in [0.29, 0.717) is 58.9 Å². The van der Waals surface area contributed by atoms with E-state index in [-0.39, 0.29) is 38.3 Å². The third-order valence-electron chi connectivity index (χ3n) is 9.45. The minimum atomic E-state index is -1.06. The van der Waals surface area contributed by atoms with Crippen LogP contribution in [0.1, 0.15) is 29.9 Å². The number of aromatic nitrogens is 3. The third kappa shape index (κ3) is 5.14. The van der Waals surface area contributed by atoms with Crippen molar-refractivity contribution in [3.05, 3.63) is 64.2 Å². The highest BCUT2D eigenvalue weighted by Gasteiger charge is 2.46. The normalized spacial score (nSPS) is 25.9. The van der Waals surface area contributed by atoms with Crippen molar-refractivity contribution < 1.29 is 18.3 Å². The van der Waals surface area contributed by atoms with Gasteiger partial charge in [0.05, 0.1) is 16.1 Å². The number of benzene rings is 1. The van der Waals surface area contributed by atoms with Crippen LogP contribution in [-0.2, 0) is 11.2 Å². The van der Waals surface area contributed by atoms with Crippen LogP contribution in [-0.4, -0.2) is 95.3 Å². The summed E-state index contributed by atoms with van der Waals surface area (Å²) in [6.07, 6.45) is 1.72. The molecule has 0 spiro atoms. The van der Waals surface area contributed by atoms with E-state index in [1.807, 2.05) is 29.0 Å². The van der Waals surface area contributed by atoms with Crippen LogP contribution >= 0.6 is 11.6 Å². The summed E-state index contributed by atoms with van der Waals surface area (Å²) < 4.78 is 33.9. The number of pyridine rings is 1. The molecule has 3 fully saturated rings. The lowest BCUT2D eigenvalue weighted by Gasteiger charge is -2.39. The first-order chi connectivity index (χ1) is 21.2. The Morgan fingerprint density at radius 1 is 1.20 bits per heavy atom. The van der Waals surface area contributed by atoms with Gasteiger partial charge in [0, 0.05) is 37.8 Å². The number of nitrogens with zero attached hydrogens (tertiary/aromatic N) is 7. The van der Waals surface area contributed by atoms with Gasteiger partial charge < -0.3 is 19.4 Å². The first kappa shape index (κ1) is 28.9. The molecule has 9 nitrogen and oxygen atoms in total. The number of piperazine rings is 1. The average Bonchev–Trinajstić information content (AvgIpc) is 3.54. The van der Waals surface area contributed by atoms with Crippen LogP contribution in [0.3, 0.4) is 0 Å². The van der Waals surface area contributed by atoms with E-state index in [1.54, 1.807) is 0 Å². The van der Waals surface area contributed by atoms with Crippen molar-refractivity contribution in [3.63, 3.8) is 0 Å². The standard InChI is InChI=1S/C32H32ClF2N7O2/c1-17(34)31(43)42-8-7-41(15-22(42)13-36-2)30-25-12-26(33)28(23-6-4-5-18-9-19-10-24(19)27(18)23)37-29(25)38-32(39-30)44-16-21-11-20(35)14-40(21)3/h4-6,12,19-22,24H,1,7-11,13-16H2,3H3/t19?,20-,21+,22+,24?/m1/s1. The van der Waals surface area contributed by atoms with E-state index in [4.69, 9.17) is 37.9 Å². The lowest BCUT2D eigenvalue weighted by atomic mass is 9.97. The lowest BCUT2D eigenvalue weighted by molar-refractivity contribution is -0.131. The van der Waals surface area contributed by atoms with Gasteiger partial charge in [0.2, 0.25) is 6.54 Å². The molecule has 7 rings (SSSR count). The lowest BCUT2D eigenvalue weighted by Crippen LogP contribution is -2.56. The number of carbonyl (C=O) groups excluding carboxylic acids is 1. The Morgan fingerprint density at radius 3 is 2.80 bits per heavy atom. The quantitative estimate of drug-likeness (QED) is 0.277. The Bertz CT molecular complexity index is 1710. The Morgan fingerprint density at radius 2 is 2.05 bits per heavy atom. The van der Waals surface area contributed by atoms with Gasteiger partial charge in [-0.15, -0.1) is 0 Å². The van der Waals surface area contributed by atoms with Gasteiger partial charge in [0.15, 0.2) is 11.5 Å². The van der Waals surface area contributed by atoms with Crippen molar-refractivity contribution in [1.82, 2.24) is 24.8 Å². The van der Waals surface area contributed by atoms with E-state index in [2.05, 4.69) is 23.6 Å². The van der Waals surface area contributed by atoms with Crippen molar-refractivity contribution in [2.24, 2.45) is 5.92 Å². The summed E-state index contributed by atoms with van der Waals surface area (Å²) in [5, 5.41) is 1.07. The molecule has 1 aromatic carbocycles. The fourth-order valence-corrected chi connectivity index (χ4v) is 7.40. The summed E-state index contributed by atoms with van der Waals surface area (Å²) in [6, 6.07) is 7.50. The number of hydrogen-bond acceptors (Lipinski definition) is 7. The van der Waals surface area contributed by atoms with Crippen molar-refractivity contribution in [2.45, 2.75) is 43.4 Å². The van der Waals surface area contributed by atoms with E-state index >= 15 is 0 Å². The topological polar surface area (TPSA) is 79.1 Å². The number of halogens is 3. The SMILES string of the molecule is [C-]#[N+]C[C@H]1CN(c2nc(OC[C@@H]3C[C@@H](F)CN3C)nc3nc(-c4cccc5c4C4CC4C5)c(Cl)cc23)CCN1C(=O)C(=C)F. The summed E-state index contributed by atoms with van der Waals surface area (Å²) in [5.74, 6) is -0.144. The number of fused-ring (bicyclic) bond motifs is 4. The fraction of sp³-hybridized carbons (Fsp3) is 0.469. The highest BCUT2D eigenvalue weighted by atomic mass is 35.5. The summed E-state index contributed by atoms with van der Waals surface area (Å²) in [7, 11) is 1.86. The first-order valence-corrected chi connectivity index (χ1v) is 15.3. The van der Waals surface area contributed by atoms with Crippen LogP contribution in [0.15, 0.2) is 36.7 Å². The molecule has 0 N–H and O–H groups in total. The van der Waals surface area contributed by atoms with Gasteiger partial charge in [0.1, 0.15) is 24.6 Å². The molecule has 12 heteroatoms. The summed E-state index contributed by atoms with van der Waals surface area (Å²) in [6.45, 7) is 11.9. The third-order valence-corrected chi connectivity index (χ3v) is 9.73. The van der Waals surface area contributed by atoms with E-state index in [0.717, 1.165) is 12.0 Å². The molecule has 2 aromatic heterocycles. The molecule has 4 aliphatic rings. The van der Waals surface area contributed by atoms with Crippen molar-refractivity contribution in [3.8, 4) is 17.3 Å². The molecule has 2 aliphatic carbocycles. The van der Waals surface area contributed by atoms with Gasteiger partial charge >= 0.3 is 6.01 Å². The smallest absolute Gasteiger partial charge is 0.320 e. The van der Waals surface area contributed by atoms with Crippen molar-refractivity contribution in [1.29, 1.82) is 0 Å². The zero-order valence-corrected chi connectivity index (χ0v) is 25.1. The number of ether oxygens (including phenoxy) is 1. The molecule has 44 heavy (non-hydrogen) atoms. The van der Waals surface area contributed by atoms with Crippen LogP contribution in [0, 0.1) is 12.5 Å². The maximum Gasteiger partial charge on any atom is 0.320 e. The van der Waals surface area contributed by atoms with E-state index < -0.39 is 23.9 Å². The second-order valence-corrected chi connectivity index (χ2v) is 12.7. The number of likely N-dealkylation sites (tertiary alicyclic amines) is 1. The van der Waals surface area contributed by atoms with Gasteiger partial charge in [-0.25, -0.2) is 20.3 Å². The Hall–Kier alpha value is -3.88. The van der Waals surface area contributed by atoms with Crippen LogP contribution in [0.4, 0.5) is 14.6 Å². The maximum absolute atomic E-state index is 14.0. The second-order valence-electron chi connectivity index (χ2n) is 12.3. The first-order valence-electron chi connectivity index (χ1n) is 14.9. The molecule has 4 heterocycles. The van der Waals surface area contributed by atoms with Crippen LogP contribution in [0.2, 0.25) is 5.02 Å². The molecule has 1 saturated carbocycles. The minimum absolute atomic E-state index is 0.00919. The predicted molar refractivity (Wildman–Crippen MR) is 163 cm³/mol. The fourth-order valence-electron chi connectivity index (χ4n) is 7.14. The monoisotopic (exact) mass is 619 g/mol. The highest BCUT2D eigenvalue weighted by Crippen LogP contribution is 2.58. The van der Waals surface area contributed by atoms with Crippen molar-refractivity contribution >= 4 is 34.4 Å². The molecule has 0 radical (unpaired) electrons. The van der Waals surface area contributed by atoms with E-state index in [1.165, 1.54) is 22.4 Å². The summed E-state index contributed by atoms with van der Waals surface area (Å²) >= 11 is 6.95. The van der Waals surface area contributed by atoms with Gasteiger partial charge in [-0.05, 0) is 55.3 Å². The van der Waals surface area contributed by atoms with E-state index in [9.17, 15) is 13.6 Å². The number of hydrogen-bond donors (Lipinski definition) is 0. The number of amides is 1. The van der Waals surface area contributed by atoms with Gasteiger partial charge in [-0.1, -0.05) is 36.4 Å². The Balaban J connectivity index is 1.28.